The van der Waals surface area contributed by atoms with Crippen molar-refractivity contribution in [3.05, 3.63) is 65.0 Å². The summed E-state index contributed by atoms with van der Waals surface area (Å²) in [5, 5.41) is 4.86. The Morgan fingerprint density at radius 2 is 1.48 bits per heavy atom. The van der Waals surface area contributed by atoms with Gasteiger partial charge in [-0.25, -0.2) is 13.2 Å². The first-order chi connectivity index (χ1) is 11.9. The Morgan fingerprint density at radius 1 is 0.880 bits per heavy atom. The number of hydrogen-bond acceptors (Lipinski definition) is 3. The highest BCUT2D eigenvalue weighted by atomic mass is 19.2. The number of methoxy groups -OCH3 is 1. The third kappa shape index (κ3) is 4.50. The van der Waals surface area contributed by atoms with Crippen LogP contribution in [0.5, 0.6) is 5.75 Å². The monoisotopic (exact) mass is 352 g/mol. The highest BCUT2D eigenvalue weighted by Crippen LogP contribution is 2.15. The van der Waals surface area contributed by atoms with E-state index in [0.717, 1.165) is 6.07 Å². The van der Waals surface area contributed by atoms with Gasteiger partial charge in [0.15, 0.2) is 17.5 Å². The van der Waals surface area contributed by atoms with E-state index in [1.165, 1.54) is 7.11 Å². The zero-order chi connectivity index (χ0) is 18.4. The molecular formula is C17H15F3N2O3. The zero-order valence-corrected chi connectivity index (χ0v) is 13.2. The first kappa shape index (κ1) is 18.3. The molecule has 2 amide bonds. The molecule has 0 aromatic heterocycles. The summed E-state index contributed by atoms with van der Waals surface area (Å²) in [5.41, 5.74) is -0.209. The summed E-state index contributed by atoms with van der Waals surface area (Å²) in [4.78, 5) is 23.6. The first-order valence-electron chi connectivity index (χ1n) is 7.28. The summed E-state index contributed by atoms with van der Waals surface area (Å²) >= 11 is 0. The maximum atomic E-state index is 13.5. The van der Waals surface area contributed by atoms with Gasteiger partial charge in [-0.1, -0.05) is 0 Å². The maximum absolute atomic E-state index is 13.5. The minimum absolute atomic E-state index is 0.0147. The smallest absolute Gasteiger partial charge is 0.254 e. The van der Waals surface area contributed by atoms with Crippen LogP contribution in [0.25, 0.3) is 0 Å². The molecule has 0 radical (unpaired) electrons. The fraction of sp³-hybridized carbons (Fsp3) is 0.176. The molecule has 0 aliphatic heterocycles. The van der Waals surface area contributed by atoms with Gasteiger partial charge in [0.2, 0.25) is 0 Å². The second kappa shape index (κ2) is 8.18. The number of amides is 2. The SMILES string of the molecule is COc1ccc(C(=O)NCCNC(=O)c2ccc(F)c(F)c2F)cc1. The summed E-state index contributed by atoms with van der Waals surface area (Å²) in [6.45, 7) is 0.0566. The molecule has 2 rings (SSSR count). The van der Waals surface area contributed by atoms with Gasteiger partial charge < -0.3 is 15.4 Å². The molecule has 25 heavy (non-hydrogen) atoms. The molecule has 2 aromatic carbocycles. The van der Waals surface area contributed by atoms with Crippen molar-refractivity contribution in [2.45, 2.75) is 0 Å². The quantitative estimate of drug-likeness (QED) is 0.619. The minimum atomic E-state index is -1.71. The lowest BCUT2D eigenvalue weighted by atomic mass is 10.2. The van der Waals surface area contributed by atoms with Gasteiger partial charge in [-0.2, -0.15) is 0 Å². The van der Waals surface area contributed by atoms with Crippen molar-refractivity contribution < 1.29 is 27.5 Å². The number of benzene rings is 2. The Labute approximate surface area is 141 Å². The van der Waals surface area contributed by atoms with E-state index >= 15 is 0 Å². The number of halogens is 3. The van der Waals surface area contributed by atoms with Crippen LogP contribution in [-0.4, -0.2) is 32.0 Å². The van der Waals surface area contributed by atoms with Crippen LogP contribution in [0.2, 0.25) is 0 Å². The average Bonchev–Trinajstić information content (AvgIpc) is 2.63. The Morgan fingerprint density at radius 3 is 2.08 bits per heavy atom. The highest BCUT2D eigenvalue weighted by Gasteiger charge is 2.18. The normalized spacial score (nSPS) is 10.2. The summed E-state index contributed by atoms with van der Waals surface area (Å²) in [7, 11) is 1.51. The Bertz CT molecular complexity index is 779. The first-order valence-corrected chi connectivity index (χ1v) is 7.28. The predicted molar refractivity (Wildman–Crippen MR) is 84.0 cm³/mol. The lowest BCUT2D eigenvalue weighted by molar-refractivity contribution is 0.0924. The van der Waals surface area contributed by atoms with Crippen molar-refractivity contribution in [1.82, 2.24) is 10.6 Å². The Kier molecular flexibility index (Phi) is 5.99. The molecule has 0 unspecified atom stereocenters. The van der Waals surface area contributed by atoms with E-state index in [-0.39, 0.29) is 19.0 Å². The number of nitrogens with one attached hydrogen (secondary N) is 2. The van der Waals surface area contributed by atoms with Crippen LogP contribution < -0.4 is 15.4 Å². The van der Waals surface area contributed by atoms with Crippen molar-refractivity contribution in [1.29, 1.82) is 0 Å². The number of rotatable bonds is 6. The van der Waals surface area contributed by atoms with Gasteiger partial charge in [0, 0.05) is 18.7 Å². The highest BCUT2D eigenvalue weighted by molar-refractivity contribution is 5.95. The lowest BCUT2D eigenvalue weighted by Gasteiger charge is -2.08. The minimum Gasteiger partial charge on any atom is -0.497 e. The topological polar surface area (TPSA) is 67.4 Å². The Hall–Kier alpha value is -3.03. The van der Waals surface area contributed by atoms with Gasteiger partial charge in [-0.15, -0.1) is 0 Å². The van der Waals surface area contributed by atoms with Gasteiger partial charge in [0.25, 0.3) is 11.8 Å². The van der Waals surface area contributed by atoms with Gasteiger partial charge in [-0.3, -0.25) is 9.59 Å². The van der Waals surface area contributed by atoms with Gasteiger partial charge in [0.05, 0.1) is 12.7 Å². The van der Waals surface area contributed by atoms with Crippen LogP contribution in [0, 0.1) is 17.5 Å². The summed E-state index contributed by atoms with van der Waals surface area (Å²) in [5.74, 6) is -5.30. The molecule has 0 aliphatic rings. The number of ether oxygens (including phenoxy) is 1. The van der Waals surface area contributed by atoms with Crippen molar-refractivity contribution in [3.63, 3.8) is 0 Å². The molecule has 0 bridgehead atoms. The van der Waals surface area contributed by atoms with Crippen LogP contribution in [0.1, 0.15) is 20.7 Å². The molecule has 0 fully saturated rings. The van der Waals surface area contributed by atoms with Crippen LogP contribution in [0.15, 0.2) is 36.4 Å². The van der Waals surface area contributed by atoms with Crippen LogP contribution in [0.3, 0.4) is 0 Å². The maximum Gasteiger partial charge on any atom is 0.254 e. The van der Waals surface area contributed by atoms with E-state index in [2.05, 4.69) is 10.6 Å². The molecule has 0 saturated heterocycles. The predicted octanol–water partition coefficient (Wildman–Crippen LogP) is 2.27. The molecule has 5 nitrogen and oxygen atoms in total. The summed E-state index contributed by atoms with van der Waals surface area (Å²) < 4.78 is 44.4. The molecule has 2 aromatic rings. The molecular weight excluding hydrogens is 337 g/mol. The molecule has 0 atom stereocenters. The van der Waals surface area contributed by atoms with E-state index in [9.17, 15) is 22.8 Å². The Balaban J connectivity index is 1.83. The number of carbonyl (C=O) groups excluding carboxylic acids is 2. The molecule has 0 spiro atoms. The fourth-order valence-electron chi connectivity index (χ4n) is 1.99. The number of carbonyl (C=O) groups is 2. The second-order valence-corrected chi connectivity index (χ2v) is 4.96. The van der Waals surface area contributed by atoms with Gasteiger partial charge >= 0.3 is 0 Å². The van der Waals surface area contributed by atoms with E-state index in [1.807, 2.05) is 0 Å². The fourth-order valence-corrected chi connectivity index (χ4v) is 1.99. The van der Waals surface area contributed by atoms with E-state index < -0.39 is 28.9 Å². The van der Waals surface area contributed by atoms with Crippen LogP contribution in [-0.2, 0) is 0 Å². The lowest BCUT2D eigenvalue weighted by Crippen LogP contribution is -2.35. The standard InChI is InChI=1S/C17H15F3N2O3/c1-25-11-4-2-10(3-5-11)16(23)21-8-9-22-17(24)12-6-7-13(18)15(20)14(12)19/h2-7H,8-9H2,1H3,(H,21,23)(H,22,24). The molecule has 2 N–H and O–H groups in total. The van der Waals surface area contributed by atoms with Gasteiger partial charge in [-0.05, 0) is 36.4 Å². The van der Waals surface area contributed by atoms with Crippen LogP contribution in [0.4, 0.5) is 13.2 Å². The van der Waals surface area contributed by atoms with Crippen molar-refractivity contribution in [3.8, 4) is 5.75 Å². The van der Waals surface area contributed by atoms with Crippen molar-refractivity contribution in [2.75, 3.05) is 20.2 Å². The van der Waals surface area contributed by atoms with Crippen molar-refractivity contribution >= 4 is 11.8 Å². The summed E-state index contributed by atoms with van der Waals surface area (Å²) in [6, 6.07) is 7.91. The third-order valence-corrected chi connectivity index (χ3v) is 3.33. The second-order valence-electron chi connectivity index (χ2n) is 4.96. The van der Waals surface area contributed by atoms with Crippen LogP contribution >= 0.6 is 0 Å². The zero-order valence-electron chi connectivity index (χ0n) is 13.2. The summed E-state index contributed by atoms with van der Waals surface area (Å²) in [6.07, 6.45) is 0. The molecule has 8 heteroatoms. The largest absolute Gasteiger partial charge is 0.497 e. The van der Waals surface area contributed by atoms with Gasteiger partial charge in [0.1, 0.15) is 5.75 Å². The molecule has 132 valence electrons. The molecule has 0 saturated carbocycles. The molecule has 0 heterocycles. The van der Waals surface area contributed by atoms with Crippen molar-refractivity contribution in [2.24, 2.45) is 0 Å². The number of hydrogen-bond donors (Lipinski definition) is 2. The third-order valence-electron chi connectivity index (χ3n) is 3.33. The van der Waals surface area contributed by atoms with E-state index in [0.29, 0.717) is 17.4 Å². The van der Waals surface area contributed by atoms with E-state index in [1.54, 1.807) is 24.3 Å². The average molecular weight is 352 g/mol. The molecule has 0 aliphatic carbocycles. The van der Waals surface area contributed by atoms with E-state index in [4.69, 9.17) is 4.74 Å².